The molecule has 0 saturated carbocycles. The van der Waals surface area contributed by atoms with Gasteiger partial charge < -0.3 is 9.47 Å². The summed E-state index contributed by atoms with van der Waals surface area (Å²) in [5.74, 6) is 0. The van der Waals surface area contributed by atoms with Crippen LogP contribution < -0.4 is 0 Å². The molecule has 2 radical (unpaired) electrons. The van der Waals surface area contributed by atoms with E-state index in [-0.39, 0.29) is 0 Å². The van der Waals surface area contributed by atoms with Crippen molar-refractivity contribution in [3.05, 3.63) is 6.92 Å². The highest BCUT2D eigenvalue weighted by Gasteiger charge is 2.14. The van der Waals surface area contributed by atoms with Gasteiger partial charge in [-0.1, -0.05) is 77.6 Å². The number of ether oxygens (including phenoxy) is 2. The highest BCUT2D eigenvalue weighted by Crippen LogP contribution is 2.15. The van der Waals surface area contributed by atoms with Crippen molar-refractivity contribution < 1.29 is 14.6 Å². The highest BCUT2D eigenvalue weighted by atomic mass is 16.5. The van der Waals surface area contributed by atoms with Crippen LogP contribution in [0, 0.1) is 6.92 Å². The van der Waals surface area contributed by atoms with Crippen molar-refractivity contribution in [2.24, 2.45) is 0 Å². The van der Waals surface area contributed by atoms with Crippen LogP contribution in [0.25, 0.3) is 0 Å². The minimum absolute atomic E-state index is 0.334. The normalized spacial score (nSPS) is 23.2. The molecule has 0 spiro atoms. The van der Waals surface area contributed by atoms with Crippen molar-refractivity contribution in [2.45, 2.75) is 109 Å². The Morgan fingerprint density at radius 3 is 2.17 bits per heavy atom. The summed E-state index contributed by atoms with van der Waals surface area (Å²) in [7, 11) is 0. The van der Waals surface area contributed by atoms with Gasteiger partial charge in [0, 0.05) is 13.2 Å². The third-order valence-electron chi connectivity index (χ3n) is 4.94. The van der Waals surface area contributed by atoms with Gasteiger partial charge in [0.05, 0.1) is 12.7 Å². The Bertz CT molecular complexity index is 245. The average molecular weight is 341 g/mol. The van der Waals surface area contributed by atoms with Crippen molar-refractivity contribution in [1.82, 2.24) is 0 Å². The Morgan fingerprint density at radius 2 is 1.46 bits per heavy atom. The Kier molecular flexibility index (Phi) is 14.9. The smallest absolute Gasteiger partial charge is 0.116 e. The third kappa shape index (κ3) is 13.2. The van der Waals surface area contributed by atoms with Crippen LogP contribution in [0.2, 0.25) is 0 Å². The first-order valence-electron chi connectivity index (χ1n) is 10.5. The minimum atomic E-state index is -0.522. The molecule has 2 atom stereocenters. The predicted octanol–water partition coefficient (Wildman–Crippen LogP) is 5.89. The second-order valence-electron chi connectivity index (χ2n) is 7.30. The molecule has 0 amide bonds. The lowest BCUT2D eigenvalue weighted by atomic mass is 10.0. The summed E-state index contributed by atoms with van der Waals surface area (Å²) in [5, 5.41) is 11.5. The van der Waals surface area contributed by atoms with E-state index in [1.165, 1.54) is 57.8 Å². The molecule has 24 heavy (non-hydrogen) atoms. The van der Waals surface area contributed by atoms with Gasteiger partial charge in [-0.15, -0.1) is 0 Å². The van der Waals surface area contributed by atoms with E-state index in [1.807, 2.05) is 0 Å². The van der Waals surface area contributed by atoms with E-state index in [2.05, 4.69) is 6.92 Å². The predicted molar refractivity (Wildman–Crippen MR) is 99.6 cm³/mol. The molecule has 1 aliphatic rings. The van der Waals surface area contributed by atoms with E-state index in [1.54, 1.807) is 0 Å². The van der Waals surface area contributed by atoms with E-state index in [4.69, 9.17) is 9.47 Å². The standard InChI is InChI=1S/C21H40O3/c1-2-3-4-5-6-7-8-9-10-13-17-24-21-15-12-11-14-20(22)19-23-18-16-21/h20-21H,1-19H2. The largest absolute Gasteiger partial charge is 0.379 e. The molecule has 0 bridgehead atoms. The number of hydrogen-bond acceptors (Lipinski definition) is 2. The van der Waals surface area contributed by atoms with Crippen LogP contribution in [0.15, 0.2) is 0 Å². The summed E-state index contributed by atoms with van der Waals surface area (Å²) in [6.45, 7) is 5.83. The first kappa shape index (κ1) is 21.9. The second-order valence-corrected chi connectivity index (χ2v) is 7.30. The van der Waals surface area contributed by atoms with E-state index in [9.17, 15) is 5.11 Å². The topological polar surface area (TPSA) is 38.4 Å². The molecule has 1 heterocycles. The quantitative estimate of drug-likeness (QED) is 0.416. The molecule has 2 unspecified atom stereocenters. The van der Waals surface area contributed by atoms with Crippen molar-refractivity contribution >= 4 is 0 Å². The zero-order valence-electron chi connectivity index (χ0n) is 15.8. The van der Waals surface area contributed by atoms with Crippen molar-refractivity contribution in [2.75, 3.05) is 19.8 Å². The maximum absolute atomic E-state index is 11.5. The van der Waals surface area contributed by atoms with Gasteiger partial charge in [0.25, 0.3) is 0 Å². The first-order chi connectivity index (χ1) is 11.8. The van der Waals surface area contributed by atoms with Crippen LogP contribution in [0.4, 0.5) is 0 Å². The van der Waals surface area contributed by atoms with Crippen molar-refractivity contribution in [1.29, 1.82) is 0 Å². The molecule has 1 saturated heterocycles. The molecule has 0 aliphatic carbocycles. The summed E-state index contributed by atoms with van der Waals surface area (Å²) in [5.41, 5.74) is 0. The van der Waals surface area contributed by atoms with Gasteiger partial charge in [0.2, 0.25) is 0 Å². The zero-order valence-corrected chi connectivity index (χ0v) is 15.8. The molecular weight excluding hydrogens is 300 g/mol. The summed E-state index contributed by atoms with van der Waals surface area (Å²) < 4.78 is 11.5. The molecular formula is C21H40O3. The molecule has 1 rings (SSSR count). The van der Waals surface area contributed by atoms with Crippen LogP contribution in [0.5, 0.6) is 0 Å². The van der Waals surface area contributed by atoms with Gasteiger partial charge in [0.1, 0.15) is 6.10 Å². The van der Waals surface area contributed by atoms with Crippen LogP contribution >= 0.6 is 0 Å². The lowest BCUT2D eigenvalue weighted by molar-refractivity contribution is -0.0346. The number of hydrogen-bond donors (Lipinski definition) is 0. The fraction of sp³-hybridized carbons (Fsp3) is 0.952. The van der Waals surface area contributed by atoms with E-state index >= 15 is 0 Å². The lowest BCUT2D eigenvalue weighted by Gasteiger charge is -2.20. The van der Waals surface area contributed by atoms with Crippen LogP contribution in [0.3, 0.4) is 0 Å². The monoisotopic (exact) mass is 340 g/mol. The maximum Gasteiger partial charge on any atom is 0.116 e. The minimum Gasteiger partial charge on any atom is -0.379 e. The Hall–Kier alpha value is -0.120. The average Bonchev–Trinajstić information content (AvgIpc) is 2.59. The van der Waals surface area contributed by atoms with E-state index < -0.39 is 6.10 Å². The fourth-order valence-corrected chi connectivity index (χ4v) is 3.33. The van der Waals surface area contributed by atoms with E-state index in [0.29, 0.717) is 19.3 Å². The van der Waals surface area contributed by atoms with Gasteiger partial charge >= 0.3 is 0 Å². The zero-order chi connectivity index (χ0) is 17.3. The van der Waals surface area contributed by atoms with Crippen LogP contribution in [0.1, 0.15) is 96.3 Å². The van der Waals surface area contributed by atoms with Crippen LogP contribution in [-0.2, 0) is 14.6 Å². The lowest BCUT2D eigenvalue weighted by Crippen LogP contribution is -2.21. The molecule has 1 fully saturated rings. The summed E-state index contributed by atoms with van der Waals surface area (Å²) >= 11 is 0. The fourth-order valence-electron chi connectivity index (χ4n) is 3.33. The molecule has 0 aromatic heterocycles. The Morgan fingerprint density at radius 1 is 0.833 bits per heavy atom. The molecule has 0 aromatic carbocycles. The molecule has 3 nitrogen and oxygen atoms in total. The maximum atomic E-state index is 11.5. The summed E-state index contributed by atoms with van der Waals surface area (Å²) in [6.07, 6.45) is 17.8. The molecule has 3 heteroatoms. The SMILES string of the molecule is [CH2]CCCCCCCCCCCOC1CCCCC([O])COCC1. The van der Waals surface area contributed by atoms with Gasteiger partial charge in [-0.25, -0.2) is 5.11 Å². The number of unbranched alkanes of at least 4 members (excludes halogenated alkanes) is 9. The van der Waals surface area contributed by atoms with Gasteiger partial charge in [-0.2, -0.15) is 0 Å². The summed E-state index contributed by atoms with van der Waals surface area (Å²) in [4.78, 5) is 0. The third-order valence-corrected chi connectivity index (χ3v) is 4.94. The Labute approximate surface area is 150 Å². The summed E-state index contributed by atoms with van der Waals surface area (Å²) in [6, 6.07) is 0. The van der Waals surface area contributed by atoms with Crippen molar-refractivity contribution in [3.8, 4) is 0 Å². The Balaban J connectivity index is 1.90. The number of rotatable bonds is 12. The van der Waals surface area contributed by atoms with Gasteiger partial charge in [-0.05, 0) is 25.7 Å². The molecule has 1 aliphatic heterocycles. The highest BCUT2D eigenvalue weighted by molar-refractivity contribution is 4.63. The van der Waals surface area contributed by atoms with Crippen molar-refractivity contribution in [3.63, 3.8) is 0 Å². The second kappa shape index (κ2) is 16.4. The van der Waals surface area contributed by atoms with E-state index in [0.717, 1.165) is 45.1 Å². The van der Waals surface area contributed by atoms with Crippen LogP contribution in [-0.4, -0.2) is 32.0 Å². The van der Waals surface area contributed by atoms with Gasteiger partial charge in [0.15, 0.2) is 0 Å². The first-order valence-corrected chi connectivity index (χ1v) is 10.5. The molecule has 0 N–H and O–H groups in total. The molecule has 142 valence electrons. The molecule has 0 aromatic rings. The van der Waals surface area contributed by atoms with Gasteiger partial charge in [-0.3, -0.25) is 0 Å².